The van der Waals surface area contributed by atoms with E-state index < -0.39 is 27.5 Å². The summed E-state index contributed by atoms with van der Waals surface area (Å²) in [6, 6.07) is 13.9. The summed E-state index contributed by atoms with van der Waals surface area (Å²) >= 11 is 0. The van der Waals surface area contributed by atoms with E-state index >= 15 is 0 Å². The lowest BCUT2D eigenvalue weighted by Crippen LogP contribution is -2.53. The maximum atomic E-state index is 13.1. The summed E-state index contributed by atoms with van der Waals surface area (Å²) in [6.45, 7) is 0. The van der Waals surface area contributed by atoms with Crippen molar-refractivity contribution in [2.75, 3.05) is 11.1 Å². The van der Waals surface area contributed by atoms with Gasteiger partial charge in [-0.1, -0.05) is 36.4 Å². The summed E-state index contributed by atoms with van der Waals surface area (Å²) in [5.41, 5.74) is 7.13. The average Bonchev–Trinajstić information content (AvgIpc) is 3.23. The Labute approximate surface area is 180 Å². The molecular weight excluding hydrogens is 420 g/mol. The summed E-state index contributed by atoms with van der Waals surface area (Å²) < 4.78 is 22.4. The molecule has 10 heteroatoms. The first kappa shape index (κ1) is 21.2. The molecule has 2 aliphatic rings. The monoisotopic (exact) mass is 444 g/mol. The Kier molecular flexibility index (Phi) is 5.38. The second kappa shape index (κ2) is 7.88. The molecule has 4 rings (SSSR count). The summed E-state index contributed by atoms with van der Waals surface area (Å²) in [7, 11) is -3.23. The minimum Gasteiger partial charge on any atom is -0.397 e. The van der Waals surface area contributed by atoms with Crippen LogP contribution >= 0.6 is 10.8 Å². The van der Waals surface area contributed by atoms with Gasteiger partial charge in [-0.2, -0.15) is 0 Å². The number of nitrogen functional groups attached to an aromatic ring is 1. The van der Waals surface area contributed by atoms with E-state index in [9.17, 15) is 23.5 Å². The number of hydrogen-bond donors (Lipinski definition) is 6. The summed E-state index contributed by atoms with van der Waals surface area (Å²) in [6.07, 6.45) is 0.846. The van der Waals surface area contributed by atoms with Gasteiger partial charge in [0, 0.05) is 12.8 Å². The van der Waals surface area contributed by atoms with Gasteiger partial charge >= 0.3 is 0 Å². The van der Waals surface area contributed by atoms with E-state index in [1.54, 1.807) is 48.5 Å². The molecule has 2 saturated heterocycles. The highest BCUT2D eigenvalue weighted by Crippen LogP contribution is 2.56. The second-order valence-corrected chi connectivity index (χ2v) is 9.86. The Morgan fingerprint density at radius 2 is 1.84 bits per heavy atom. The first-order valence-electron chi connectivity index (χ1n) is 9.82. The van der Waals surface area contributed by atoms with Crippen LogP contribution in [-0.4, -0.2) is 32.4 Å². The maximum Gasteiger partial charge on any atom is 0.250 e. The third kappa shape index (κ3) is 4.22. The van der Waals surface area contributed by atoms with Gasteiger partial charge in [0.25, 0.3) is 5.91 Å². The molecule has 2 atom stereocenters. The molecule has 0 saturated carbocycles. The molecule has 164 valence electrons. The Hall–Kier alpha value is -3.08. The number of hydrogen-bond acceptors (Lipinski definition) is 6. The lowest BCUT2D eigenvalue weighted by molar-refractivity contribution is -0.126. The molecular formula is C21H24N4O5S. The van der Waals surface area contributed by atoms with Crippen LogP contribution in [0.15, 0.2) is 48.5 Å². The van der Waals surface area contributed by atoms with E-state index in [0.29, 0.717) is 23.4 Å². The lowest BCUT2D eigenvalue weighted by atomic mass is 9.87. The first-order valence-corrected chi connectivity index (χ1v) is 11.4. The highest BCUT2D eigenvalue weighted by atomic mass is 32.3. The molecule has 2 heterocycles. The molecule has 31 heavy (non-hydrogen) atoms. The summed E-state index contributed by atoms with van der Waals surface area (Å²) in [5, 5.41) is 4.93. The molecule has 7 N–H and O–H groups in total. The van der Waals surface area contributed by atoms with Crippen molar-refractivity contribution in [1.29, 1.82) is 0 Å². The molecule has 2 unspecified atom stereocenters. The van der Waals surface area contributed by atoms with Crippen molar-refractivity contribution in [3.05, 3.63) is 59.7 Å². The summed E-state index contributed by atoms with van der Waals surface area (Å²) in [5.74, 6) is -0.948. The zero-order valence-corrected chi connectivity index (χ0v) is 17.4. The predicted molar refractivity (Wildman–Crippen MR) is 118 cm³/mol. The van der Waals surface area contributed by atoms with Gasteiger partial charge in [0.05, 0.1) is 17.8 Å². The van der Waals surface area contributed by atoms with Crippen LogP contribution in [0.1, 0.15) is 35.6 Å². The Bertz CT molecular complexity index is 1040. The van der Waals surface area contributed by atoms with Crippen molar-refractivity contribution < 1.29 is 23.5 Å². The number of rotatable bonds is 5. The minimum atomic E-state index is -3.23. The van der Waals surface area contributed by atoms with Crippen LogP contribution in [0, 0.1) is 0 Å². The number of benzene rings is 2. The normalized spacial score (nSPS) is 25.5. The fraction of sp³-hybridized carbons (Fsp3) is 0.286. The van der Waals surface area contributed by atoms with E-state index in [-0.39, 0.29) is 31.1 Å². The van der Waals surface area contributed by atoms with Crippen LogP contribution in [0.4, 0.5) is 11.4 Å². The second-order valence-electron chi connectivity index (χ2n) is 7.90. The Balaban J connectivity index is 1.54. The standard InChI is InChI=1S/C21H24N4O5S/c22-15-3-1-2-4-16(15)23-20(28)21(10-9-18(26)24-21)12-13-5-7-14(8-6-13)17-11-19(27)25-31(17,29)30/h1-8,17,29-30H,9-12,22H2,(H,23,28)(H,24,26)(H,25,27). The minimum absolute atomic E-state index is 0.00256. The molecule has 2 aliphatic heterocycles. The van der Waals surface area contributed by atoms with Crippen molar-refractivity contribution in [3.8, 4) is 0 Å². The maximum absolute atomic E-state index is 13.1. The van der Waals surface area contributed by atoms with E-state index in [4.69, 9.17) is 5.73 Å². The number of anilines is 2. The molecule has 0 radical (unpaired) electrons. The quantitative estimate of drug-likeness (QED) is 0.389. The third-order valence-corrected chi connectivity index (χ3v) is 7.45. The van der Waals surface area contributed by atoms with Gasteiger partial charge in [-0.3, -0.25) is 28.2 Å². The average molecular weight is 445 g/mol. The third-order valence-electron chi connectivity index (χ3n) is 5.69. The highest BCUT2D eigenvalue weighted by molar-refractivity contribution is 8.23. The van der Waals surface area contributed by atoms with Gasteiger partial charge in [-0.05, 0) is 29.7 Å². The van der Waals surface area contributed by atoms with Crippen LogP contribution < -0.4 is 21.1 Å². The SMILES string of the molecule is Nc1ccccc1NC(=O)C1(Cc2ccc(C3CC(=O)NS3(O)O)cc2)CCC(=O)N1. The van der Waals surface area contributed by atoms with E-state index in [1.807, 2.05) is 0 Å². The van der Waals surface area contributed by atoms with Crippen molar-refractivity contribution in [2.45, 2.75) is 36.5 Å². The number of carbonyl (C=O) groups is 3. The van der Waals surface area contributed by atoms with Gasteiger partial charge in [0.1, 0.15) is 10.8 Å². The topological polar surface area (TPSA) is 154 Å². The number of nitrogens with two attached hydrogens (primary N) is 1. The van der Waals surface area contributed by atoms with Crippen molar-refractivity contribution in [3.63, 3.8) is 0 Å². The number of carbonyl (C=O) groups excluding carboxylic acids is 3. The molecule has 0 bridgehead atoms. The zero-order chi connectivity index (χ0) is 22.2. The molecule has 0 aliphatic carbocycles. The zero-order valence-electron chi connectivity index (χ0n) is 16.6. The molecule has 2 aromatic carbocycles. The van der Waals surface area contributed by atoms with Crippen LogP contribution in [0.3, 0.4) is 0 Å². The number of para-hydroxylation sites is 2. The summed E-state index contributed by atoms with van der Waals surface area (Å²) in [4.78, 5) is 36.7. The number of nitrogens with one attached hydrogen (secondary N) is 3. The molecule has 9 nitrogen and oxygen atoms in total. The van der Waals surface area contributed by atoms with Crippen molar-refractivity contribution >= 4 is 39.9 Å². The van der Waals surface area contributed by atoms with Crippen LogP contribution in [0.2, 0.25) is 0 Å². The van der Waals surface area contributed by atoms with Crippen molar-refractivity contribution in [1.82, 2.24) is 10.0 Å². The Morgan fingerprint density at radius 3 is 2.42 bits per heavy atom. The van der Waals surface area contributed by atoms with Gasteiger partial charge in [-0.25, -0.2) is 0 Å². The van der Waals surface area contributed by atoms with Gasteiger partial charge in [0.2, 0.25) is 11.8 Å². The molecule has 0 spiro atoms. The fourth-order valence-electron chi connectivity index (χ4n) is 4.03. The Morgan fingerprint density at radius 1 is 1.13 bits per heavy atom. The molecule has 3 amide bonds. The number of amides is 3. The fourth-order valence-corrected chi connectivity index (χ4v) is 5.51. The molecule has 0 aromatic heterocycles. The largest absolute Gasteiger partial charge is 0.397 e. The van der Waals surface area contributed by atoms with Crippen molar-refractivity contribution in [2.24, 2.45) is 0 Å². The molecule has 2 fully saturated rings. The van der Waals surface area contributed by atoms with Gasteiger partial charge in [0.15, 0.2) is 0 Å². The van der Waals surface area contributed by atoms with Gasteiger partial charge < -0.3 is 16.4 Å². The van der Waals surface area contributed by atoms with E-state index in [2.05, 4.69) is 15.4 Å². The van der Waals surface area contributed by atoms with E-state index in [0.717, 1.165) is 5.56 Å². The van der Waals surface area contributed by atoms with Crippen LogP contribution in [0.5, 0.6) is 0 Å². The molecule has 2 aromatic rings. The van der Waals surface area contributed by atoms with Gasteiger partial charge in [-0.15, -0.1) is 10.8 Å². The predicted octanol–water partition coefficient (Wildman–Crippen LogP) is 2.33. The van der Waals surface area contributed by atoms with E-state index in [1.165, 1.54) is 0 Å². The first-order chi connectivity index (χ1) is 14.7. The lowest BCUT2D eigenvalue weighted by Gasteiger charge is -2.33. The van der Waals surface area contributed by atoms with Crippen LogP contribution in [-0.2, 0) is 20.8 Å². The highest BCUT2D eigenvalue weighted by Gasteiger charge is 2.45. The van der Waals surface area contributed by atoms with Crippen LogP contribution in [0.25, 0.3) is 0 Å². The smallest absolute Gasteiger partial charge is 0.250 e.